The molecule has 1 saturated heterocycles. The van der Waals surface area contributed by atoms with Crippen LogP contribution in [0.2, 0.25) is 5.02 Å². The molecule has 32 heavy (non-hydrogen) atoms. The lowest BCUT2D eigenvalue weighted by atomic mass is 10.1. The monoisotopic (exact) mass is 479 g/mol. The number of rotatable bonds is 9. The van der Waals surface area contributed by atoms with Crippen LogP contribution in [0.3, 0.4) is 0 Å². The van der Waals surface area contributed by atoms with E-state index >= 15 is 0 Å². The molecule has 0 spiro atoms. The van der Waals surface area contributed by atoms with Gasteiger partial charge in [0.2, 0.25) is 15.9 Å². The number of hydrogen-bond donors (Lipinski definition) is 1. The number of sulfonamides is 1. The number of nitrogens with one attached hydrogen (secondary N) is 1. The number of carbonyl (C=O) groups excluding carboxylic acids is 1. The van der Waals surface area contributed by atoms with Crippen molar-refractivity contribution >= 4 is 38.9 Å². The van der Waals surface area contributed by atoms with Crippen molar-refractivity contribution in [3.8, 4) is 0 Å². The third-order valence-corrected chi connectivity index (χ3v) is 7.80. The number of hydrogen-bond acceptors (Lipinski definition) is 5. The molecule has 1 amide bonds. The lowest BCUT2D eigenvalue weighted by Gasteiger charge is -2.28. The summed E-state index contributed by atoms with van der Waals surface area (Å²) >= 11 is 6.20. The molecule has 1 heterocycles. The molecule has 9 heteroatoms. The molecule has 174 valence electrons. The summed E-state index contributed by atoms with van der Waals surface area (Å²) in [4.78, 5) is 15.0. The van der Waals surface area contributed by atoms with Crippen LogP contribution in [-0.2, 0) is 26.0 Å². The lowest BCUT2D eigenvalue weighted by Crippen LogP contribution is -2.40. The van der Waals surface area contributed by atoms with Gasteiger partial charge in [0.15, 0.2) is 0 Å². The quantitative estimate of drug-likeness (QED) is 0.592. The number of nitrogens with zero attached hydrogens (tertiary/aromatic N) is 2. The fraction of sp³-hybridized carbons (Fsp3) is 0.435. The first-order chi connectivity index (χ1) is 15.4. The molecule has 1 aliphatic rings. The van der Waals surface area contributed by atoms with Crippen LogP contribution in [0, 0.1) is 0 Å². The maximum absolute atomic E-state index is 13.1. The first kappa shape index (κ1) is 24.5. The van der Waals surface area contributed by atoms with Crippen molar-refractivity contribution in [1.29, 1.82) is 0 Å². The Labute approximate surface area is 195 Å². The van der Waals surface area contributed by atoms with Crippen molar-refractivity contribution in [2.45, 2.75) is 31.6 Å². The Morgan fingerprint density at radius 2 is 1.81 bits per heavy atom. The Morgan fingerprint density at radius 3 is 2.47 bits per heavy atom. The van der Waals surface area contributed by atoms with E-state index in [1.807, 2.05) is 32.0 Å². The van der Waals surface area contributed by atoms with Gasteiger partial charge in [-0.05, 0) is 50.1 Å². The number of carbonyl (C=O) groups is 1. The Kier molecular flexibility index (Phi) is 8.53. The lowest BCUT2D eigenvalue weighted by molar-refractivity contribution is -0.116. The second kappa shape index (κ2) is 11.1. The highest BCUT2D eigenvalue weighted by Crippen LogP contribution is 2.31. The van der Waals surface area contributed by atoms with Crippen LogP contribution in [0.1, 0.15) is 25.8 Å². The van der Waals surface area contributed by atoms with E-state index in [1.165, 1.54) is 4.31 Å². The summed E-state index contributed by atoms with van der Waals surface area (Å²) in [5, 5.41) is 3.56. The van der Waals surface area contributed by atoms with Crippen LogP contribution in [0.5, 0.6) is 0 Å². The molecule has 0 bridgehead atoms. The van der Waals surface area contributed by atoms with Crippen LogP contribution in [0.25, 0.3) is 0 Å². The largest absolute Gasteiger partial charge is 0.379 e. The van der Waals surface area contributed by atoms with Gasteiger partial charge in [0.25, 0.3) is 0 Å². The van der Waals surface area contributed by atoms with Crippen molar-refractivity contribution in [2.24, 2.45) is 0 Å². The number of morpholine rings is 1. The van der Waals surface area contributed by atoms with Gasteiger partial charge in [0.1, 0.15) is 0 Å². The Balaban J connectivity index is 1.84. The number of ether oxygens (including phenoxy) is 1. The van der Waals surface area contributed by atoms with Gasteiger partial charge >= 0.3 is 0 Å². The molecule has 0 aliphatic carbocycles. The third-order valence-electron chi connectivity index (χ3n) is 5.53. The van der Waals surface area contributed by atoms with Gasteiger partial charge in [0.05, 0.1) is 29.5 Å². The molecule has 7 nitrogen and oxygen atoms in total. The smallest absolute Gasteiger partial charge is 0.243 e. The van der Waals surface area contributed by atoms with Crippen LogP contribution in [0.4, 0.5) is 11.4 Å². The standard InChI is InChI=1S/C23H30ClN3O4S/c1-3-26(4-2)22-11-10-19(32(29,30)27-13-15-31-16-14-27)17-21(22)25-23(28)12-9-18-7-5-6-8-20(18)24/h5-8,10-11,17H,3-4,9,12-16H2,1-2H3,(H,25,28). The van der Waals surface area contributed by atoms with Gasteiger partial charge < -0.3 is 15.0 Å². The Bertz CT molecular complexity index is 1040. The van der Waals surface area contributed by atoms with Crippen molar-refractivity contribution in [3.63, 3.8) is 0 Å². The van der Waals surface area contributed by atoms with Gasteiger partial charge in [-0.3, -0.25) is 4.79 Å². The van der Waals surface area contributed by atoms with Gasteiger partial charge in [-0.15, -0.1) is 0 Å². The molecule has 0 atom stereocenters. The Hall–Kier alpha value is -2.13. The zero-order valence-electron chi connectivity index (χ0n) is 18.5. The van der Waals surface area contributed by atoms with E-state index in [0.717, 1.165) is 24.3 Å². The number of benzene rings is 2. The van der Waals surface area contributed by atoms with Crippen molar-refractivity contribution in [2.75, 3.05) is 49.6 Å². The van der Waals surface area contributed by atoms with E-state index in [2.05, 4.69) is 10.2 Å². The second-order valence-electron chi connectivity index (χ2n) is 7.51. The number of halogens is 1. The van der Waals surface area contributed by atoms with Crippen molar-refractivity contribution < 1.29 is 17.9 Å². The van der Waals surface area contributed by atoms with Crippen LogP contribution < -0.4 is 10.2 Å². The molecule has 1 aliphatic heterocycles. The maximum atomic E-state index is 13.1. The summed E-state index contributed by atoms with van der Waals surface area (Å²) in [6.07, 6.45) is 0.736. The van der Waals surface area contributed by atoms with E-state index in [0.29, 0.717) is 43.4 Å². The topological polar surface area (TPSA) is 79.0 Å². The number of aryl methyl sites for hydroxylation is 1. The molecule has 0 aromatic heterocycles. The van der Waals surface area contributed by atoms with Crippen molar-refractivity contribution in [3.05, 3.63) is 53.1 Å². The second-order valence-corrected chi connectivity index (χ2v) is 9.85. The Morgan fingerprint density at radius 1 is 1.12 bits per heavy atom. The summed E-state index contributed by atoms with van der Waals surface area (Å²) in [6, 6.07) is 12.4. The minimum Gasteiger partial charge on any atom is -0.379 e. The summed E-state index contributed by atoms with van der Waals surface area (Å²) in [7, 11) is -3.67. The summed E-state index contributed by atoms with van der Waals surface area (Å²) in [5.41, 5.74) is 2.19. The molecule has 3 rings (SSSR count). The highest BCUT2D eigenvalue weighted by atomic mass is 35.5. The zero-order valence-corrected chi connectivity index (χ0v) is 20.1. The first-order valence-corrected chi connectivity index (χ1v) is 12.7. The minimum atomic E-state index is -3.67. The summed E-state index contributed by atoms with van der Waals surface area (Å²) in [5.74, 6) is -0.195. The van der Waals surface area contributed by atoms with Crippen molar-refractivity contribution in [1.82, 2.24) is 4.31 Å². The summed E-state index contributed by atoms with van der Waals surface area (Å²) in [6.45, 7) is 6.89. The van der Waals surface area contributed by atoms with E-state index in [1.54, 1.807) is 24.3 Å². The summed E-state index contributed by atoms with van der Waals surface area (Å²) < 4.78 is 32.9. The van der Waals surface area contributed by atoms with E-state index < -0.39 is 10.0 Å². The van der Waals surface area contributed by atoms with Gasteiger partial charge in [-0.2, -0.15) is 4.31 Å². The highest BCUT2D eigenvalue weighted by Gasteiger charge is 2.27. The molecular weight excluding hydrogens is 450 g/mol. The average Bonchev–Trinajstić information content (AvgIpc) is 2.80. The minimum absolute atomic E-state index is 0.164. The maximum Gasteiger partial charge on any atom is 0.243 e. The molecule has 0 saturated carbocycles. The third kappa shape index (κ3) is 5.81. The molecule has 1 N–H and O–H groups in total. The fourth-order valence-electron chi connectivity index (χ4n) is 3.71. The van der Waals surface area contributed by atoms with Crippen LogP contribution >= 0.6 is 11.6 Å². The predicted octanol–water partition coefficient (Wildman–Crippen LogP) is 3.78. The van der Waals surface area contributed by atoms with Crippen LogP contribution in [0.15, 0.2) is 47.4 Å². The zero-order chi connectivity index (χ0) is 23.1. The highest BCUT2D eigenvalue weighted by molar-refractivity contribution is 7.89. The number of amides is 1. The van der Waals surface area contributed by atoms with E-state index in [9.17, 15) is 13.2 Å². The predicted molar refractivity (Wildman–Crippen MR) is 128 cm³/mol. The SMILES string of the molecule is CCN(CC)c1ccc(S(=O)(=O)N2CCOCC2)cc1NC(=O)CCc1ccccc1Cl. The number of anilines is 2. The molecule has 0 radical (unpaired) electrons. The van der Waals surface area contributed by atoms with Gasteiger partial charge in [-0.1, -0.05) is 29.8 Å². The van der Waals surface area contributed by atoms with E-state index in [4.69, 9.17) is 16.3 Å². The average molecular weight is 480 g/mol. The molecule has 1 fully saturated rings. The first-order valence-electron chi connectivity index (χ1n) is 10.9. The van der Waals surface area contributed by atoms with Gasteiger partial charge in [0, 0.05) is 37.6 Å². The van der Waals surface area contributed by atoms with Gasteiger partial charge in [-0.25, -0.2) is 8.42 Å². The molecule has 0 unspecified atom stereocenters. The molecule has 2 aromatic carbocycles. The fourth-order valence-corrected chi connectivity index (χ4v) is 5.38. The van der Waals surface area contributed by atoms with Crippen LogP contribution in [-0.4, -0.2) is 58.0 Å². The molecule has 2 aromatic rings. The molecular formula is C23H30ClN3O4S. The normalized spacial score (nSPS) is 14.8. The van der Waals surface area contributed by atoms with E-state index in [-0.39, 0.29) is 17.2 Å².